The van der Waals surface area contributed by atoms with E-state index in [2.05, 4.69) is 20.5 Å². The van der Waals surface area contributed by atoms with Gasteiger partial charge in [0.1, 0.15) is 17.4 Å². The smallest absolute Gasteiger partial charge is 0.284 e. The number of fused-ring (bicyclic) bond motifs is 2. The number of benzene rings is 2. The minimum Gasteiger partial charge on any atom is -0.496 e. The molecule has 2 atom stereocenters. The number of carbonyl (C=O) groups excluding carboxylic acids is 1. The third-order valence-corrected chi connectivity index (χ3v) is 6.56. The van der Waals surface area contributed by atoms with Gasteiger partial charge in [0.15, 0.2) is 5.01 Å². The number of amides is 1. The van der Waals surface area contributed by atoms with E-state index in [4.69, 9.17) is 4.74 Å². The molecule has 31 heavy (non-hydrogen) atoms. The highest BCUT2D eigenvalue weighted by Gasteiger charge is 2.38. The number of hydrogen-bond donors (Lipinski definition) is 2. The SMILES string of the molecule is COc1cccc(F)c1-c1csc(C(=O)Nc2cc(F)ccc2N2C[C@H]3C[C@@H]2CN3)n1. The van der Waals surface area contributed by atoms with E-state index in [1.165, 1.54) is 25.3 Å². The van der Waals surface area contributed by atoms with Crippen molar-refractivity contribution in [3.8, 4) is 17.0 Å². The van der Waals surface area contributed by atoms with Crippen molar-refractivity contribution in [1.82, 2.24) is 10.3 Å². The standard InChI is InChI=1S/C22H20F2N4O2S/c1-30-19-4-2-3-15(24)20(19)17-11-31-22(27-17)21(29)26-16-7-12(23)5-6-18(16)28-10-13-8-14(28)9-25-13/h2-7,11,13-14,25H,8-10H2,1H3,(H,26,29)/t13-,14-/m1/s1. The van der Waals surface area contributed by atoms with Crippen LogP contribution in [0.15, 0.2) is 41.8 Å². The summed E-state index contributed by atoms with van der Waals surface area (Å²) >= 11 is 1.09. The highest BCUT2D eigenvalue weighted by Crippen LogP contribution is 2.36. The third kappa shape index (κ3) is 3.64. The molecule has 0 aliphatic carbocycles. The summed E-state index contributed by atoms with van der Waals surface area (Å²) in [5.74, 6) is -1.05. The second-order valence-electron chi connectivity index (χ2n) is 7.62. The molecule has 2 aliphatic rings. The predicted octanol–water partition coefficient (Wildman–Crippen LogP) is 3.90. The summed E-state index contributed by atoms with van der Waals surface area (Å²) in [5, 5.41) is 7.98. The molecule has 2 bridgehead atoms. The number of nitrogens with zero attached hydrogens (tertiary/aromatic N) is 2. The number of thiazole rings is 1. The van der Waals surface area contributed by atoms with Gasteiger partial charge in [-0.05, 0) is 36.8 Å². The Kier molecular flexibility index (Phi) is 5.07. The van der Waals surface area contributed by atoms with Crippen LogP contribution in [0.4, 0.5) is 20.2 Å². The van der Waals surface area contributed by atoms with Crippen LogP contribution in [-0.2, 0) is 0 Å². The average molecular weight is 442 g/mol. The number of rotatable bonds is 5. The molecule has 0 radical (unpaired) electrons. The minimum absolute atomic E-state index is 0.153. The number of methoxy groups -OCH3 is 1. The second-order valence-corrected chi connectivity index (χ2v) is 8.48. The van der Waals surface area contributed by atoms with Gasteiger partial charge in [0, 0.05) is 30.6 Å². The molecule has 0 spiro atoms. The zero-order valence-electron chi connectivity index (χ0n) is 16.7. The van der Waals surface area contributed by atoms with Gasteiger partial charge in [0.2, 0.25) is 0 Å². The molecule has 160 valence electrons. The molecule has 0 saturated carbocycles. The molecular formula is C22H20F2N4O2S. The summed E-state index contributed by atoms with van der Waals surface area (Å²) in [7, 11) is 1.45. The van der Waals surface area contributed by atoms with E-state index in [0.29, 0.717) is 29.2 Å². The van der Waals surface area contributed by atoms with Crippen LogP contribution in [0.5, 0.6) is 5.75 Å². The quantitative estimate of drug-likeness (QED) is 0.628. The lowest BCUT2D eigenvalue weighted by Gasteiger charge is -2.31. The van der Waals surface area contributed by atoms with Crippen molar-refractivity contribution in [2.24, 2.45) is 0 Å². The summed E-state index contributed by atoms with van der Waals surface area (Å²) in [4.78, 5) is 19.4. The fourth-order valence-electron chi connectivity index (χ4n) is 4.31. The summed E-state index contributed by atoms with van der Waals surface area (Å²) in [6.45, 7) is 1.68. The van der Waals surface area contributed by atoms with Crippen LogP contribution in [0.2, 0.25) is 0 Å². The lowest BCUT2D eigenvalue weighted by atomic mass is 10.1. The van der Waals surface area contributed by atoms with Crippen LogP contribution in [0.25, 0.3) is 11.3 Å². The first-order chi connectivity index (χ1) is 15.0. The maximum Gasteiger partial charge on any atom is 0.284 e. The molecule has 0 unspecified atom stereocenters. The lowest BCUT2D eigenvalue weighted by Crippen LogP contribution is -2.44. The molecule has 2 aromatic carbocycles. The van der Waals surface area contributed by atoms with Gasteiger partial charge in [0.25, 0.3) is 5.91 Å². The van der Waals surface area contributed by atoms with Crippen molar-refractivity contribution >= 4 is 28.6 Å². The first-order valence-corrected chi connectivity index (χ1v) is 10.8. The van der Waals surface area contributed by atoms with Crippen LogP contribution < -0.4 is 20.3 Å². The molecule has 9 heteroatoms. The third-order valence-electron chi connectivity index (χ3n) is 5.72. The van der Waals surface area contributed by atoms with Crippen molar-refractivity contribution in [1.29, 1.82) is 0 Å². The van der Waals surface area contributed by atoms with Crippen molar-refractivity contribution in [3.63, 3.8) is 0 Å². The largest absolute Gasteiger partial charge is 0.496 e. The Labute approximate surface area is 181 Å². The number of ether oxygens (including phenoxy) is 1. The van der Waals surface area contributed by atoms with Crippen LogP contribution >= 0.6 is 11.3 Å². The molecule has 2 fully saturated rings. The van der Waals surface area contributed by atoms with Crippen LogP contribution in [0.3, 0.4) is 0 Å². The van der Waals surface area contributed by atoms with E-state index in [1.807, 2.05) is 0 Å². The van der Waals surface area contributed by atoms with E-state index < -0.39 is 17.5 Å². The number of anilines is 2. The minimum atomic E-state index is -0.485. The normalized spacial score (nSPS) is 19.6. The van der Waals surface area contributed by atoms with Crippen molar-refractivity contribution in [2.75, 3.05) is 30.4 Å². The number of carbonyl (C=O) groups is 1. The van der Waals surface area contributed by atoms with Gasteiger partial charge in [0.05, 0.1) is 29.7 Å². The Balaban J connectivity index is 1.42. The van der Waals surface area contributed by atoms with Crippen molar-refractivity contribution < 1.29 is 18.3 Å². The molecular weight excluding hydrogens is 422 g/mol. The molecule has 2 saturated heterocycles. The van der Waals surface area contributed by atoms with Gasteiger partial charge in [-0.1, -0.05) is 6.07 Å². The molecule has 3 aromatic rings. The van der Waals surface area contributed by atoms with Gasteiger partial charge in [-0.3, -0.25) is 4.79 Å². The van der Waals surface area contributed by atoms with Gasteiger partial charge in [-0.15, -0.1) is 11.3 Å². The number of nitrogens with one attached hydrogen (secondary N) is 2. The maximum absolute atomic E-state index is 14.4. The molecule has 1 amide bonds. The van der Waals surface area contributed by atoms with Gasteiger partial charge in [-0.2, -0.15) is 0 Å². The topological polar surface area (TPSA) is 66.5 Å². The number of piperazine rings is 1. The highest BCUT2D eigenvalue weighted by atomic mass is 32.1. The molecule has 1 aromatic heterocycles. The van der Waals surface area contributed by atoms with E-state index in [1.54, 1.807) is 23.6 Å². The highest BCUT2D eigenvalue weighted by molar-refractivity contribution is 7.12. The van der Waals surface area contributed by atoms with Crippen LogP contribution in [0, 0.1) is 11.6 Å². The molecule has 2 N–H and O–H groups in total. The Bertz CT molecular complexity index is 1150. The zero-order valence-corrected chi connectivity index (χ0v) is 17.5. The molecule has 6 nitrogen and oxygen atoms in total. The van der Waals surface area contributed by atoms with E-state index in [9.17, 15) is 13.6 Å². The second kappa shape index (κ2) is 7.90. The van der Waals surface area contributed by atoms with Crippen LogP contribution in [-0.4, -0.2) is 43.2 Å². The first-order valence-electron chi connectivity index (χ1n) is 9.93. The number of hydrogen-bond acceptors (Lipinski definition) is 6. The number of halogens is 2. The Hall–Kier alpha value is -3.04. The molecule has 3 heterocycles. The molecule has 5 rings (SSSR count). The summed E-state index contributed by atoms with van der Waals surface area (Å²) in [6, 6.07) is 9.65. The van der Waals surface area contributed by atoms with E-state index in [-0.39, 0.29) is 10.6 Å². The summed E-state index contributed by atoms with van der Waals surface area (Å²) in [5.41, 5.74) is 1.70. The van der Waals surface area contributed by atoms with Gasteiger partial charge < -0.3 is 20.3 Å². The zero-order chi connectivity index (χ0) is 21.5. The predicted molar refractivity (Wildman–Crippen MR) is 116 cm³/mol. The Morgan fingerprint density at radius 3 is 2.94 bits per heavy atom. The van der Waals surface area contributed by atoms with Crippen molar-refractivity contribution in [3.05, 3.63) is 58.4 Å². The van der Waals surface area contributed by atoms with Gasteiger partial charge in [-0.25, -0.2) is 13.8 Å². The van der Waals surface area contributed by atoms with E-state index in [0.717, 1.165) is 36.5 Å². The average Bonchev–Trinajstić information content (AvgIpc) is 3.51. The Morgan fingerprint density at radius 2 is 2.19 bits per heavy atom. The lowest BCUT2D eigenvalue weighted by molar-refractivity contribution is 0.102. The van der Waals surface area contributed by atoms with Crippen molar-refractivity contribution in [2.45, 2.75) is 18.5 Å². The summed E-state index contributed by atoms with van der Waals surface area (Å²) < 4.78 is 33.6. The summed E-state index contributed by atoms with van der Waals surface area (Å²) in [6.07, 6.45) is 1.03. The maximum atomic E-state index is 14.4. The molecule has 2 aliphatic heterocycles. The first kappa shape index (κ1) is 19.9. The van der Waals surface area contributed by atoms with E-state index >= 15 is 0 Å². The van der Waals surface area contributed by atoms with Crippen LogP contribution in [0.1, 0.15) is 16.2 Å². The monoisotopic (exact) mass is 442 g/mol. The van der Waals surface area contributed by atoms with Gasteiger partial charge >= 0.3 is 0 Å². The fourth-order valence-corrected chi connectivity index (χ4v) is 5.01. The number of aromatic nitrogens is 1. The Morgan fingerprint density at radius 1 is 1.32 bits per heavy atom. The fraction of sp³-hybridized carbons (Fsp3) is 0.273.